The first-order valence-corrected chi connectivity index (χ1v) is 6.79. The molecule has 1 saturated carbocycles. The van der Waals surface area contributed by atoms with Crippen LogP contribution in [0.1, 0.15) is 24.1 Å². The van der Waals surface area contributed by atoms with Gasteiger partial charge in [0.15, 0.2) is 0 Å². The molecule has 1 heterocycles. The van der Waals surface area contributed by atoms with E-state index in [1.54, 1.807) is 6.07 Å². The summed E-state index contributed by atoms with van der Waals surface area (Å²) in [5, 5.41) is 0. The van der Waals surface area contributed by atoms with Crippen molar-refractivity contribution in [2.24, 2.45) is 5.92 Å². The molecule has 0 N–H and O–H groups in total. The molecule has 108 valence electrons. The number of halogens is 3. The number of pyridine rings is 1. The largest absolute Gasteiger partial charge is 0.245 e. The molecule has 0 aliphatic heterocycles. The molecule has 0 atom stereocenters. The minimum atomic E-state index is -0.821. The molecule has 0 unspecified atom stereocenters. The van der Waals surface area contributed by atoms with Gasteiger partial charge < -0.3 is 0 Å². The summed E-state index contributed by atoms with van der Waals surface area (Å²) >= 11 is 0. The van der Waals surface area contributed by atoms with Crippen LogP contribution in [0.2, 0.25) is 0 Å². The maximum atomic E-state index is 14.0. The van der Waals surface area contributed by atoms with Gasteiger partial charge in [0.2, 0.25) is 0 Å². The van der Waals surface area contributed by atoms with Crippen molar-refractivity contribution >= 4 is 5.57 Å². The molecule has 1 nitrogen and oxygen atoms in total. The summed E-state index contributed by atoms with van der Waals surface area (Å²) in [6, 6.07) is 4.84. The Hall–Kier alpha value is -2.10. The van der Waals surface area contributed by atoms with Crippen molar-refractivity contribution in [3.05, 3.63) is 59.6 Å². The number of aromatic nitrogens is 1. The third-order valence-electron chi connectivity index (χ3n) is 3.75. The Labute approximate surface area is 121 Å². The zero-order chi connectivity index (χ0) is 15.1. The molecule has 2 aromatic rings. The highest BCUT2D eigenvalue weighted by Crippen LogP contribution is 2.40. The summed E-state index contributed by atoms with van der Waals surface area (Å²) in [5.41, 5.74) is 1.52. The van der Waals surface area contributed by atoms with Gasteiger partial charge in [0.25, 0.3) is 0 Å². The van der Waals surface area contributed by atoms with Crippen molar-refractivity contribution in [3.8, 4) is 11.3 Å². The first-order valence-electron chi connectivity index (χ1n) is 6.79. The van der Waals surface area contributed by atoms with Crippen LogP contribution in [0.3, 0.4) is 0 Å². The molecule has 21 heavy (non-hydrogen) atoms. The van der Waals surface area contributed by atoms with E-state index in [0.29, 0.717) is 11.6 Å². The van der Waals surface area contributed by atoms with Crippen LogP contribution in [0.25, 0.3) is 16.8 Å². The van der Waals surface area contributed by atoms with Crippen LogP contribution in [-0.4, -0.2) is 4.98 Å². The van der Waals surface area contributed by atoms with Gasteiger partial charge in [-0.25, -0.2) is 18.2 Å². The average Bonchev–Trinajstić information content (AvgIpc) is 3.27. The van der Waals surface area contributed by atoms with E-state index in [4.69, 9.17) is 0 Å². The van der Waals surface area contributed by atoms with E-state index in [-0.39, 0.29) is 16.8 Å². The molecule has 0 spiro atoms. The number of hydrogen-bond acceptors (Lipinski definition) is 1. The highest BCUT2D eigenvalue weighted by molar-refractivity contribution is 5.69. The number of benzene rings is 1. The van der Waals surface area contributed by atoms with Gasteiger partial charge in [-0.1, -0.05) is 6.58 Å². The lowest BCUT2D eigenvalue weighted by molar-refractivity contribution is 0.576. The Morgan fingerprint density at radius 2 is 1.81 bits per heavy atom. The van der Waals surface area contributed by atoms with Crippen molar-refractivity contribution in [2.45, 2.75) is 19.8 Å². The average molecular weight is 289 g/mol. The fraction of sp³-hybridized carbons (Fsp3) is 0.235. The summed E-state index contributed by atoms with van der Waals surface area (Å²) in [6.45, 7) is 5.47. The zero-order valence-corrected chi connectivity index (χ0v) is 11.6. The predicted molar refractivity (Wildman–Crippen MR) is 76.0 cm³/mol. The van der Waals surface area contributed by atoms with Gasteiger partial charge in [-0.15, -0.1) is 0 Å². The summed E-state index contributed by atoms with van der Waals surface area (Å²) in [7, 11) is 0. The molecule has 0 radical (unpaired) electrons. The van der Waals surface area contributed by atoms with Crippen LogP contribution >= 0.6 is 0 Å². The van der Waals surface area contributed by atoms with E-state index in [1.165, 1.54) is 19.1 Å². The summed E-state index contributed by atoms with van der Waals surface area (Å²) in [4.78, 5) is 4.20. The Kier molecular flexibility index (Phi) is 3.32. The number of hydrogen-bond donors (Lipinski definition) is 0. The van der Waals surface area contributed by atoms with Crippen LogP contribution in [0.5, 0.6) is 0 Å². The minimum Gasteiger partial charge on any atom is -0.245 e. The van der Waals surface area contributed by atoms with E-state index in [9.17, 15) is 13.2 Å². The summed E-state index contributed by atoms with van der Waals surface area (Å²) in [6.07, 6.45) is 2.11. The van der Waals surface area contributed by atoms with Gasteiger partial charge in [0.05, 0.1) is 5.69 Å². The molecule has 3 rings (SSSR count). The molecular weight excluding hydrogens is 275 g/mol. The van der Waals surface area contributed by atoms with Crippen LogP contribution in [0.15, 0.2) is 30.8 Å². The van der Waals surface area contributed by atoms with E-state index >= 15 is 0 Å². The third-order valence-corrected chi connectivity index (χ3v) is 3.75. The number of rotatable bonds is 3. The van der Waals surface area contributed by atoms with E-state index in [2.05, 4.69) is 11.6 Å². The Morgan fingerprint density at radius 3 is 2.48 bits per heavy atom. The molecule has 4 heteroatoms. The maximum Gasteiger partial charge on any atom is 0.149 e. The predicted octanol–water partition coefficient (Wildman–Crippen LogP) is 4.90. The Balaban J connectivity index is 2.11. The molecule has 1 fully saturated rings. The monoisotopic (exact) mass is 289 g/mol. The topological polar surface area (TPSA) is 12.9 Å². The summed E-state index contributed by atoms with van der Waals surface area (Å²) < 4.78 is 41.3. The first kappa shape index (κ1) is 13.9. The summed E-state index contributed by atoms with van der Waals surface area (Å²) in [5.74, 6) is -1.73. The van der Waals surface area contributed by atoms with Gasteiger partial charge in [-0.2, -0.15) is 0 Å². The molecule has 0 saturated heterocycles. The van der Waals surface area contributed by atoms with E-state index < -0.39 is 17.5 Å². The van der Waals surface area contributed by atoms with Crippen molar-refractivity contribution in [1.82, 2.24) is 4.98 Å². The molecule has 1 aromatic heterocycles. The fourth-order valence-corrected chi connectivity index (χ4v) is 2.29. The minimum absolute atomic E-state index is 0.0307. The maximum absolute atomic E-state index is 14.0. The van der Waals surface area contributed by atoms with Crippen molar-refractivity contribution in [2.75, 3.05) is 0 Å². The number of aryl methyl sites for hydroxylation is 1. The molecule has 1 aromatic carbocycles. The Bertz CT molecular complexity index is 733. The van der Waals surface area contributed by atoms with Crippen LogP contribution in [0.4, 0.5) is 13.2 Å². The normalized spacial score (nSPS) is 14.3. The molecule has 0 bridgehead atoms. The highest BCUT2D eigenvalue weighted by Gasteiger charge is 2.27. The quantitative estimate of drug-likeness (QED) is 0.783. The van der Waals surface area contributed by atoms with Crippen LogP contribution < -0.4 is 0 Å². The Morgan fingerprint density at radius 1 is 1.10 bits per heavy atom. The molecule has 1 aliphatic carbocycles. The number of nitrogens with zero attached hydrogens (tertiary/aromatic N) is 1. The lowest BCUT2D eigenvalue weighted by atomic mass is 10.0. The molecular formula is C17H14F3N. The first-order chi connectivity index (χ1) is 9.97. The van der Waals surface area contributed by atoms with E-state index in [0.717, 1.165) is 24.5 Å². The second-order valence-corrected chi connectivity index (χ2v) is 5.41. The number of allylic oxidation sites excluding steroid dienone is 1. The zero-order valence-electron chi connectivity index (χ0n) is 11.6. The lowest BCUT2D eigenvalue weighted by Gasteiger charge is -2.10. The highest BCUT2D eigenvalue weighted by atomic mass is 19.1. The smallest absolute Gasteiger partial charge is 0.149 e. The van der Waals surface area contributed by atoms with Crippen molar-refractivity contribution < 1.29 is 13.2 Å². The van der Waals surface area contributed by atoms with Gasteiger partial charge in [0.1, 0.15) is 23.1 Å². The van der Waals surface area contributed by atoms with Gasteiger partial charge in [-0.3, -0.25) is 0 Å². The van der Waals surface area contributed by atoms with Crippen molar-refractivity contribution in [3.63, 3.8) is 0 Å². The second kappa shape index (κ2) is 5.02. The third kappa shape index (κ3) is 2.58. The van der Waals surface area contributed by atoms with Gasteiger partial charge in [-0.05, 0) is 55.0 Å². The molecule has 1 aliphatic rings. The van der Waals surface area contributed by atoms with E-state index in [1.807, 2.05) is 0 Å². The standard InChI is InChI=1S/C17H14F3N/c1-9-7-12(15(20)8-14(9)19)17-13(18)5-6-16(21-17)10(2)11-3-4-11/h5-8,11H,2-4H2,1H3. The van der Waals surface area contributed by atoms with Crippen LogP contribution in [-0.2, 0) is 0 Å². The van der Waals surface area contributed by atoms with Crippen molar-refractivity contribution in [1.29, 1.82) is 0 Å². The van der Waals surface area contributed by atoms with Gasteiger partial charge in [0, 0.05) is 11.6 Å². The SMILES string of the molecule is C=C(c1ccc(F)c(-c2cc(C)c(F)cc2F)n1)C1CC1. The van der Waals surface area contributed by atoms with Crippen LogP contribution in [0, 0.1) is 30.3 Å². The lowest BCUT2D eigenvalue weighted by Crippen LogP contribution is -1.99. The second-order valence-electron chi connectivity index (χ2n) is 5.41. The fourth-order valence-electron chi connectivity index (χ4n) is 2.29. The molecule has 0 amide bonds. The van der Waals surface area contributed by atoms with Gasteiger partial charge >= 0.3 is 0 Å².